The molecule has 100 valence electrons. The number of nitrogens with zero attached hydrogens (tertiary/aromatic N) is 3. The second-order valence-electron chi connectivity index (χ2n) is 4.43. The van der Waals surface area contributed by atoms with Gasteiger partial charge in [0.15, 0.2) is 5.16 Å². The molecule has 1 aromatic rings. The molecule has 2 rings (SSSR count). The molecule has 0 aromatic carbocycles. The number of hydrogen-bond acceptors (Lipinski definition) is 7. The fourth-order valence-electron chi connectivity index (χ4n) is 2.14. The van der Waals surface area contributed by atoms with Crippen LogP contribution in [-0.4, -0.2) is 47.3 Å². The van der Waals surface area contributed by atoms with Crippen LogP contribution in [0.1, 0.15) is 12.8 Å². The fourth-order valence-corrected chi connectivity index (χ4v) is 2.52. The van der Waals surface area contributed by atoms with Gasteiger partial charge in [0, 0.05) is 18.7 Å². The van der Waals surface area contributed by atoms with Crippen molar-refractivity contribution in [1.29, 1.82) is 0 Å². The van der Waals surface area contributed by atoms with Crippen LogP contribution in [0.3, 0.4) is 0 Å². The minimum Gasteiger partial charge on any atom is -0.368 e. The van der Waals surface area contributed by atoms with E-state index in [4.69, 9.17) is 5.84 Å². The lowest BCUT2D eigenvalue weighted by Crippen LogP contribution is -2.31. The highest BCUT2D eigenvalue weighted by molar-refractivity contribution is 7.98. The van der Waals surface area contributed by atoms with Crippen LogP contribution in [0.25, 0.3) is 0 Å². The van der Waals surface area contributed by atoms with E-state index >= 15 is 0 Å². The number of rotatable bonds is 5. The zero-order chi connectivity index (χ0) is 13.0. The summed E-state index contributed by atoms with van der Waals surface area (Å²) < 4.78 is 0. The van der Waals surface area contributed by atoms with E-state index in [1.807, 2.05) is 12.3 Å². The van der Waals surface area contributed by atoms with E-state index in [1.54, 1.807) is 0 Å². The van der Waals surface area contributed by atoms with Crippen molar-refractivity contribution in [2.75, 3.05) is 37.1 Å². The lowest BCUT2D eigenvalue weighted by atomic mass is 10.2. The Labute approximate surface area is 112 Å². The van der Waals surface area contributed by atoms with Gasteiger partial charge in [0.05, 0.1) is 0 Å². The van der Waals surface area contributed by atoms with Gasteiger partial charge in [-0.2, -0.15) is 0 Å². The van der Waals surface area contributed by atoms with Crippen molar-refractivity contribution >= 4 is 23.4 Å². The number of likely N-dealkylation sites (tertiary alicyclic amines) is 1. The van der Waals surface area contributed by atoms with Crippen molar-refractivity contribution in [3.63, 3.8) is 0 Å². The van der Waals surface area contributed by atoms with Gasteiger partial charge in [-0.3, -0.25) is 0 Å². The van der Waals surface area contributed by atoms with Crippen LogP contribution < -0.4 is 16.6 Å². The summed E-state index contributed by atoms with van der Waals surface area (Å²) in [6.45, 7) is 2.09. The Morgan fingerprint density at radius 3 is 2.89 bits per heavy atom. The lowest BCUT2D eigenvalue weighted by Gasteiger charge is -2.20. The highest BCUT2D eigenvalue weighted by Crippen LogP contribution is 2.18. The van der Waals surface area contributed by atoms with E-state index in [9.17, 15) is 0 Å². The van der Waals surface area contributed by atoms with E-state index in [-0.39, 0.29) is 0 Å². The summed E-state index contributed by atoms with van der Waals surface area (Å²) in [5.41, 5.74) is 2.56. The van der Waals surface area contributed by atoms with Crippen molar-refractivity contribution in [3.05, 3.63) is 6.07 Å². The Morgan fingerprint density at radius 2 is 2.28 bits per heavy atom. The van der Waals surface area contributed by atoms with Crippen LogP contribution in [-0.2, 0) is 0 Å². The first kappa shape index (κ1) is 13.4. The van der Waals surface area contributed by atoms with Gasteiger partial charge in [-0.15, -0.1) is 0 Å². The normalized spacial score (nSPS) is 20.1. The zero-order valence-electron chi connectivity index (χ0n) is 10.8. The van der Waals surface area contributed by atoms with Crippen molar-refractivity contribution in [3.8, 4) is 0 Å². The maximum atomic E-state index is 5.40. The molecular weight excluding hydrogens is 248 g/mol. The molecule has 1 aliphatic rings. The molecule has 1 aromatic heterocycles. The summed E-state index contributed by atoms with van der Waals surface area (Å²) in [4.78, 5) is 11.0. The van der Waals surface area contributed by atoms with Crippen LogP contribution in [0.15, 0.2) is 11.2 Å². The van der Waals surface area contributed by atoms with Gasteiger partial charge in [-0.25, -0.2) is 15.8 Å². The third kappa shape index (κ3) is 3.24. The standard InChI is InChI=1S/C11H20N6S/c1-17-5-3-4-8(17)7-13-9-6-10(16-12)15-11(14-9)18-2/h6,8H,3-5,7,12H2,1-2H3,(H2,13,14,15,16). The van der Waals surface area contributed by atoms with E-state index < -0.39 is 0 Å². The van der Waals surface area contributed by atoms with Gasteiger partial charge in [-0.05, 0) is 32.7 Å². The van der Waals surface area contributed by atoms with Crippen LogP contribution in [0.4, 0.5) is 11.6 Å². The predicted molar refractivity (Wildman–Crippen MR) is 75.8 cm³/mol. The molecular formula is C11H20N6S. The molecule has 1 saturated heterocycles. The number of aromatic nitrogens is 2. The summed E-state index contributed by atoms with van der Waals surface area (Å²) in [6.07, 6.45) is 4.47. The van der Waals surface area contributed by atoms with Crippen molar-refractivity contribution in [1.82, 2.24) is 14.9 Å². The van der Waals surface area contributed by atoms with Gasteiger partial charge < -0.3 is 15.6 Å². The second kappa shape index (κ2) is 6.21. The van der Waals surface area contributed by atoms with Crippen LogP contribution >= 0.6 is 11.8 Å². The van der Waals surface area contributed by atoms with Gasteiger partial charge in [0.1, 0.15) is 11.6 Å². The molecule has 4 N–H and O–H groups in total. The molecule has 1 aliphatic heterocycles. The largest absolute Gasteiger partial charge is 0.368 e. The monoisotopic (exact) mass is 268 g/mol. The van der Waals surface area contributed by atoms with Gasteiger partial charge >= 0.3 is 0 Å². The number of likely N-dealkylation sites (N-methyl/N-ethyl adjacent to an activating group) is 1. The molecule has 0 spiro atoms. The first-order chi connectivity index (χ1) is 8.72. The molecule has 1 unspecified atom stereocenters. The number of nitrogens with two attached hydrogens (primary N) is 1. The third-order valence-corrected chi connectivity index (χ3v) is 3.77. The lowest BCUT2D eigenvalue weighted by molar-refractivity contribution is 0.322. The number of hydrogen-bond donors (Lipinski definition) is 3. The van der Waals surface area contributed by atoms with Gasteiger partial charge in [0.25, 0.3) is 0 Å². The van der Waals surface area contributed by atoms with Crippen molar-refractivity contribution in [2.45, 2.75) is 24.0 Å². The van der Waals surface area contributed by atoms with Gasteiger partial charge in [0.2, 0.25) is 0 Å². The first-order valence-electron chi connectivity index (χ1n) is 6.06. The van der Waals surface area contributed by atoms with E-state index in [0.29, 0.717) is 17.0 Å². The molecule has 1 atom stereocenters. The maximum absolute atomic E-state index is 5.40. The average molecular weight is 268 g/mol. The van der Waals surface area contributed by atoms with E-state index in [2.05, 4.69) is 32.7 Å². The average Bonchev–Trinajstić information content (AvgIpc) is 2.81. The van der Waals surface area contributed by atoms with Gasteiger partial charge in [-0.1, -0.05) is 11.8 Å². The Kier molecular flexibility index (Phi) is 4.62. The minimum absolute atomic E-state index is 0.590. The number of nitrogens with one attached hydrogen (secondary N) is 2. The fraction of sp³-hybridized carbons (Fsp3) is 0.636. The molecule has 7 heteroatoms. The highest BCUT2D eigenvalue weighted by Gasteiger charge is 2.20. The smallest absolute Gasteiger partial charge is 0.191 e. The van der Waals surface area contributed by atoms with E-state index in [0.717, 1.165) is 12.4 Å². The Hall–Kier alpha value is -1.05. The summed E-state index contributed by atoms with van der Waals surface area (Å²) in [5.74, 6) is 6.85. The summed E-state index contributed by atoms with van der Waals surface area (Å²) in [6, 6.07) is 2.42. The molecule has 0 aliphatic carbocycles. The Bertz CT molecular complexity index is 377. The third-order valence-electron chi connectivity index (χ3n) is 3.23. The van der Waals surface area contributed by atoms with Crippen molar-refractivity contribution < 1.29 is 0 Å². The summed E-state index contributed by atoms with van der Waals surface area (Å²) >= 11 is 1.50. The first-order valence-corrected chi connectivity index (χ1v) is 7.29. The summed E-state index contributed by atoms with van der Waals surface area (Å²) in [7, 11) is 2.17. The Balaban J connectivity index is 1.99. The predicted octanol–water partition coefficient (Wildman–Crippen LogP) is 0.990. The summed E-state index contributed by atoms with van der Waals surface area (Å²) in [5, 5.41) is 4.08. The maximum Gasteiger partial charge on any atom is 0.191 e. The number of hydrazine groups is 1. The highest BCUT2D eigenvalue weighted by atomic mass is 32.2. The topological polar surface area (TPSA) is 79.1 Å². The van der Waals surface area contributed by atoms with Crippen LogP contribution in [0.5, 0.6) is 0 Å². The second-order valence-corrected chi connectivity index (χ2v) is 5.20. The molecule has 0 saturated carbocycles. The quantitative estimate of drug-likeness (QED) is 0.318. The Morgan fingerprint density at radius 1 is 1.50 bits per heavy atom. The molecule has 18 heavy (non-hydrogen) atoms. The molecule has 6 nitrogen and oxygen atoms in total. The molecule has 1 fully saturated rings. The van der Waals surface area contributed by atoms with Crippen LogP contribution in [0.2, 0.25) is 0 Å². The minimum atomic E-state index is 0.590. The number of nitrogen functional groups attached to an aromatic ring is 1. The molecule has 0 radical (unpaired) electrons. The van der Waals surface area contributed by atoms with Crippen LogP contribution in [0, 0.1) is 0 Å². The SMILES string of the molecule is CSc1nc(NN)cc(NCC2CCCN2C)n1. The molecule has 2 heterocycles. The van der Waals surface area contributed by atoms with E-state index in [1.165, 1.54) is 31.1 Å². The van der Waals surface area contributed by atoms with Crippen molar-refractivity contribution in [2.24, 2.45) is 5.84 Å². The molecule has 0 amide bonds. The number of anilines is 2. The number of thioether (sulfide) groups is 1. The molecule has 0 bridgehead atoms. The zero-order valence-corrected chi connectivity index (χ0v) is 11.6.